The lowest BCUT2D eigenvalue weighted by Crippen LogP contribution is -2.24. The maximum Gasteiger partial charge on any atom is 0.251 e. The molecule has 0 unspecified atom stereocenters. The minimum atomic E-state index is -0.315. The SMILES string of the molecule is CCc1nc(CNC(=O)c2ccc3c(c2)nc(N2CC[C@H](O)C2)n3C)no1. The summed E-state index contributed by atoms with van der Waals surface area (Å²) in [5.74, 6) is 1.59. The lowest BCUT2D eigenvalue weighted by Gasteiger charge is -2.16. The Morgan fingerprint density at radius 2 is 2.26 bits per heavy atom. The number of hydrogen-bond donors (Lipinski definition) is 2. The Morgan fingerprint density at radius 3 is 2.96 bits per heavy atom. The van der Waals surface area contributed by atoms with Gasteiger partial charge in [-0.3, -0.25) is 4.79 Å². The second kappa shape index (κ2) is 6.99. The second-order valence-electron chi connectivity index (χ2n) is 6.70. The molecule has 0 bridgehead atoms. The van der Waals surface area contributed by atoms with Crippen molar-refractivity contribution >= 4 is 22.9 Å². The van der Waals surface area contributed by atoms with Crippen molar-refractivity contribution in [2.45, 2.75) is 32.4 Å². The van der Waals surface area contributed by atoms with E-state index in [1.165, 1.54) is 0 Å². The van der Waals surface area contributed by atoms with E-state index in [2.05, 4.69) is 25.3 Å². The van der Waals surface area contributed by atoms with Gasteiger partial charge in [-0.15, -0.1) is 0 Å². The summed E-state index contributed by atoms with van der Waals surface area (Å²) in [6.45, 7) is 3.49. The molecule has 2 aromatic heterocycles. The van der Waals surface area contributed by atoms with Crippen molar-refractivity contribution in [3.8, 4) is 0 Å². The molecule has 1 aliphatic heterocycles. The zero-order valence-corrected chi connectivity index (χ0v) is 15.3. The lowest BCUT2D eigenvalue weighted by molar-refractivity contribution is 0.0949. The van der Waals surface area contributed by atoms with Gasteiger partial charge in [-0.25, -0.2) is 4.98 Å². The smallest absolute Gasteiger partial charge is 0.251 e. The molecular formula is C18H22N6O3. The average molecular weight is 370 g/mol. The number of carbonyl (C=O) groups excluding carboxylic acids is 1. The number of anilines is 1. The van der Waals surface area contributed by atoms with Crippen LogP contribution in [0.15, 0.2) is 22.7 Å². The van der Waals surface area contributed by atoms with Crippen molar-refractivity contribution < 1.29 is 14.4 Å². The van der Waals surface area contributed by atoms with Gasteiger partial charge in [0.1, 0.15) is 0 Å². The zero-order valence-electron chi connectivity index (χ0n) is 15.3. The number of aromatic nitrogens is 4. The third-order valence-corrected chi connectivity index (χ3v) is 4.79. The number of nitrogens with zero attached hydrogens (tertiary/aromatic N) is 5. The van der Waals surface area contributed by atoms with Gasteiger partial charge >= 0.3 is 0 Å². The molecule has 142 valence electrons. The number of aliphatic hydroxyl groups is 1. The number of benzene rings is 1. The Labute approximate surface area is 156 Å². The van der Waals surface area contributed by atoms with Gasteiger partial charge in [-0.1, -0.05) is 12.1 Å². The summed E-state index contributed by atoms with van der Waals surface area (Å²) in [5, 5.41) is 16.4. The van der Waals surface area contributed by atoms with Crippen LogP contribution in [0.25, 0.3) is 11.0 Å². The Morgan fingerprint density at radius 1 is 1.41 bits per heavy atom. The second-order valence-corrected chi connectivity index (χ2v) is 6.70. The van der Waals surface area contributed by atoms with Gasteiger partial charge in [0, 0.05) is 32.1 Å². The van der Waals surface area contributed by atoms with Gasteiger partial charge < -0.3 is 24.4 Å². The highest BCUT2D eigenvalue weighted by molar-refractivity contribution is 5.97. The standard InChI is InChI=1S/C18H22N6O3/c1-3-16-21-15(22-27-16)9-19-17(26)11-4-5-14-13(8-11)20-18(23(14)2)24-7-6-12(25)10-24/h4-5,8,12,25H,3,6-7,9-10H2,1-2H3,(H,19,26)/t12-/m0/s1. The van der Waals surface area contributed by atoms with Gasteiger partial charge in [0.25, 0.3) is 5.91 Å². The first-order valence-corrected chi connectivity index (χ1v) is 9.04. The Hall–Kier alpha value is -2.94. The summed E-state index contributed by atoms with van der Waals surface area (Å²) >= 11 is 0. The van der Waals surface area contributed by atoms with Crippen LogP contribution in [0.2, 0.25) is 0 Å². The Bertz CT molecular complexity index is 979. The molecule has 4 rings (SSSR count). The molecule has 0 spiro atoms. The molecule has 3 heterocycles. The van der Waals surface area contributed by atoms with E-state index in [9.17, 15) is 9.90 Å². The summed E-state index contributed by atoms with van der Waals surface area (Å²) in [4.78, 5) is 23.4. The van der Waals surface area contributed by atoms with E-state index in [-0.39, 0.29) is 18.6 Å². The lowest BCUT2D eigenvalue weighted by atomic mass is 10.2. The average Bonchev–Trinajstić information content (AvgIpc) is 3.38. The number of fused-ring (bicyclic) bond motifs is 1. The van der Waals surface area contributed by atoms with Gasteiger partial charge in [0.2, 0.25) is 11.8 Å². The summed E-state index contributed by atoms with van der Waals surface area (Å²) < 4.78 is 7.02. The predicted octanol–water partition coefficient (Wildman–Crippen LogP) is 1.02. The molecule has 1 aliphatic rings. The first kappa shape index (κ1) is 17.5. The van der Waals surface area contributed by atoms with Gasteiger partial charge in [-0.05, 0) is 24.6 Å². The van der Waals surface area contributed by atoms with Crippen molar-refractivity contribution in [2.24, 2.45) is 7.05 Å². The van der Waals surface area contributed by atoms with Crippen LogP contribution in [0.1, 0.15) is 35.4 Å². The summed E-state index contributed by atoms with van der Waals surface area (Å²) in [6, 6.07) is 5.43. The molecule has 2 N–H and O–H groups in total. The molecule has 1 saturated heterocycles. The van der Waals surface area contributed by atoms with Gasteiger partial charge in [-0.2, -0.15) is 4.98 Å². The number of imidazole rings is 1. The number of rotatable bonds is 5. The van der Waals surface area contributed by atoms with E-state index in [4.69, 9.17) is 4.52 Å². The van der Waals surface area contributed by atoms with Gasteiger partial charge in [0.05, 0.1) is 23.7 Å². The van der Waals surface area contributed by atoms with Crippen molar-refractivity contribution in [1.82, 2.24) is 25.0 Å². The third kappa shape index (κ3) is 3.37. The number of β-amino-alcohol motifs (C(OH)–C–C–N with tert-alkyl or cyclic N) is 1. The number of nitrogens with one attached hydrogen (secondary N) is 1. The highest BCUT2D eigenvalue weighted by Crippen LogP contribution is 2.25. The Balaban J connectivity index is 1.51. The summed E-state index contributed by atoms with van der Waals surface area (Å²) in [7, 11) is 1.94. The maximum absolute atomic E-state index is 12.5. The van der Waals surface area contributed by atoms with E-state index in [1.807, 2.05) is 24.6 Å². The minimum absolute atomic E-state index is 0.208. The minimum Gasteiger partial charge on any atom is -0.391 e. The van der Waals surface area contributed by atoms with Crippen molar-refractivity contribution in [3.05, 3.63) is 35.5 Å². The van der Waals surface area contributed by atoms with Crippen molar-refractivity contribution in [2.75, 3.05) is 18.0 Å². The Kier molecular flexibility index (Phi) is 4.53. The van der Waals surface area contributed by atoms with Gasteiger partial charge in [0.15, 0.2) is 5.82 Å². The van der Waals surface area contributed by atoms with Crippen LogP contribution in [0, 0.1) is 0 Å². The van der Waals surface area contributed by atoms with E-state index < -0.39 is 0 Å². The molecular weight excluding hydrogens is 348 g/mol. The first-order valence-electron chi connectivity index (χ1n) is 9.04. The van der Waals surface area contributed by atoms with E-state index in [0.29, 0.717) is 30.2 Å². The largest absolute Gasteiger partial charge is 0.391 e. The van der Waals surface area contributed by atoms with E-state index in [1.54, 1.807) is 12.1 Å². The van der Waals surface area contributed by atoms with Crippen LogP contribution in [-0.4, -0.2) is 49.9 Å². The summed E-state index contributed by atoms with van der Waals surface area (Å²) in [5.41, 5.74) is 2.20. The van der Waals surface area contributed by atoms with Crippen LogP contribution >= 0.6 is 0 Å². The molecule has 9 heteroatoms. The number of aliphatic hydroxyl groups excluding tert-OH is 1. The molecule has 0 aliphatic carbocycles. The predicted molar refractivity (Wildman–Crippen MR) is 98.4 cm³/mol. The fourth-order valence-electron chi connectivity index (χ4n) is 3.30. The van der Waals surface area contributed by atoms with Crippen LogP contribution in [-0.2, 0) is 20.0 Å². The molecule has 0 saturated carbocycles. The highest BCUT2D eigenvalue weighted by atomic mass is 16.5. The first-order chi connectivity index (χ1) is 13.0. The number of carbonyl (C=O) groups is 1. The quantitative estimate of drug-likeness (QED) is 0.690. The van der Waals surface area contributed by atoms with E-state index >= 15 is 0 Å². The monoisotopic (exact) mass is 370 g/mol. The topological polar surface area (TPSA) is 109 Å². The van der Waals surface area contributed by atoms with Crippen LogP contribution in [0.5, 0.6) is 0 Å². The fraction of sp³-hybridized carbons (Fsp3) is 0.444. The molecule has 1 amide bonds. The van der Waals surface area contributed by atoms with Crippen LogP contribution in [0.3, 0.4) is 0 Å². The molecule has 27 heavy (non-hydrogen) atoms. The molecule has 1 fully saturated rings. The normalized spacial score (nSPS) is 17.0. The van der Waals surface area contributed by atoms with Crippen LogP contribution in [0.4, 0.5) is 5.95 Å². The van der Waals surface area contributed by atoms with Crippen molar-refractivity contribution in [3.63, 3.8) is 0 Å². The number of aryl methyl sites for hydroxylation is 2. The zero-order chi connectivity index (χ0) is 19.0. The molecule has 0 radical (unpaired) electrons. The van der Waals surface area contributed by atoms with Crippen LogP contribution < -0.4 is 10.2 Å². The van der Waals surface area contributed by atoms with Crippen molar-refractivity contribution in [1.29, 1.82) is 0 Å². The number of hydrogen-bond acceptors (Lipinski definition) is 7. The number of amides is 1. The molecule has 3 aromatic rings. The maximum atomic E-state index is 12.5. The summed E-state index contributed by atoms with van der Waals surface area (Å²) in [6.07, 6.45) is 1.09. The fourth-order valence-corrected chi connectivity index (χ4v) is 3.30. The highest BCUT2D eigenvalue weighted by Gasteiger charge is 2.24. The molecule has 1 atom stereocenters. The molecule has 1 aromatic carbocycles. The third-order valence-electron chi connectivity index (χ3n) is 4.79. The molecule has 9 nitrogen and oxygen atoms in total. The van der Waals surface area contributed by atoms with E-state index in [0.717, 1.165) is 29.9 Å².